The van der Waals surface area contributed by atoms with Crippen LogP contribution in [0.5, 0.6) is 0 Å². The van der Waals surface area contributed by atoms with Crippen LogP contribution in [0.15, 0.2) is 12.1 Å². The lowest BCUT2D eigenvalue weighted by molar-refractivity contribution is 0.443. The molecule has 1 fully saturated rings. The second kappa shape index (κ2) is 6.67. The third-order valence-corrected chi connectivity index (χ3v) is 3.18. The fourth-order valence-electron chi connectivity index (χ4n) is 2.54. The Labute approximate surface area is 100 Å². The van der Waals surface area contributed by atoms with E-state index in [9.17, 15) is 0 Å². The molecule has 1 aliphatic rings. The van der Waals surface area contributed by atoms with Crippen molar-refractivity contribution in [3.8, 4) is 0 Å². The minimum absolute atomic E-state index is 0.809. The molecule has 0 aromatic carbocycles. The van der Waals surface area contributed by atoms with Gasteiger partial charge in [-0.1, -0.05) is 33.1 Å². The minimum atomic E-state index is 0.809. The van der Waals surface area contributed by atoms with Gasteiger partial charge in [-0.15, -0.1) is 0 Å². The molecule has 0 spiro atoms. The van der Waals surface area contributed by atoms with E-state index in [4.69, 9.17) is 0 Å². The van der Waals surface area contributed by atoms with E-state index in [1.807, 2.05) is 13.8 Å². The van der Waals surface area contributed by atoms with Crippen LogP contribution in [0.1, 0.15) is 68.8 Å². The molecule has 1 aliphatic carbocycles. The summed E-state index contributed by atoms with van der Waals surface area (Å²) >= 11 is 0. The molecule has 1 aromatic heterocycles. The van der Waals surface area contributed by atoms with Crippen molar-refractivity contribution in [2.45, 2.75) is 65.7 Å². The van der Waals surface area contributed by atoms with Crippen molar-refractivity contribution in [2.24, 2.45) is 0 Å². The summed E-state index contributed by atoms with van der Waals surface area (Å²) in [4.78, 5) is 4.43. The quantitative estimate of drug-likeness (QED) is 0.663. The summed E-state index contributed by atoms with van der Waals surface area (Å²) in [5.74, 6) is 0.809. The van der Waals surface area contributed by atoms with Gasteiger partial charge in [0.25, 0.3) is 0 Å². The van der Waals surface area contributed by atoms with Crippen LogP contribution in [0.3, 0.4) is 0 Å². The first kappa shape index (κ1) is 13.2. The maximum absolute atomic E-state index is 4.43. The van der Waals surface area contributed by atoms with Gasteiger partial charge < -0.3 is 0 Å². The number of rotatable bonds is 1. The number of nitrogens with zero attached hydrogens (tertiary/aromatic N) is 1. The first-order chi connectivity index (χ1) is 7.75. The van der Waals surface area contributed by atoms with Crippen molar-refractivity contribution in [1.29, 1.82) is 0 Å². The van der Waals surface area contributed by atoms with Crippen LogP contribution in [0, 0.1) is 13.8 Å². The van der Waals surface area contributed by atoms with Crippen molar-refractivity contribution >= 4 is 0 Å². The summed E-state index contributed by atoms with van der Waals surface area (Å²) in [7, 11) is 0. The van der Waals surface area contributed by atoms with Crippen LogP contribution in [-0.4, -0.2) is 4.98 Å². The summed E-state index contributed by atoms with van der Waals surface area (Å²) in [5.41, 5.74) is 3.87. The first-order valence-corrected chi connectivity index (χ1v) is 6.71. The molecule has 0 unspecified atom stereocenters. The Morgan fingerprint density at radius 2 is 1.44 bits per heavy atom. The summed E-state index contributed by atoms with van der Waals surface area (Å²) in [6, 6.07) is 4.53. The molecule has 0 amide bonds. The van der Waals surface area contributed by atoms with Crippen LogP contribution in [0.25, 0.3) is 0 Å². The zero-order valence-electron chi connectivity index (χ0n) is 11.2. The fourth-order valence-corrected chi connectivity index (χ4v) is 2.54. The topological polar surface area (TPSA) is 12.9 Å². The molecule has 1 aromatic rings. The largest absolute Gasteiger partial charge is 0.258 e. The van der Waals surface area contributed by atoms with Gasteiger partial charge in [-0.05, 0) is 50.3 Å². The zero-order valence-corrected chi connectivity index (χ0v) is 11.2. The highest BCUT2D eigenvalue weighted by atomic mass is 14.7. The Morgan fingerprint density at radius 3 is 1.94 bits per heavy atom. The lowest BCUT2D eigenvalue weighted by atomic mass is 9.84. The monoisotopic (exact) mass is 219 g/mol. The van der Waals surface area contributed by atoms with Gasteiger partial charge in [-0.3, -0.25) is 4.98 Å². The molecule has 90 valence electrons. The van der Waals surface area contributed by atoms with Crippen molar-refractivity contribution in [3.63, 3.8) is 0 Å². The van der Waals surface area contributed by atoms with Gasteiger partial charge in [0.1, 0.15) is 0 Å². The van der Waals surface area contributed by atoms with E-state index < -0.39 is 0 Å². The Bertz CT molecular complexity index is 291. The van der Waals surface area contributed by atoms with Crippen LogP contribution >= 0.6 is 0 Å². The van der Waals surface area contributed by atoms with E-state index in [0.29, 0.717) is 0 Å². The second-order valence-electron chi connectivity index (χ2n) is 4.52. The average Bonchev–Trinajstić information content (AvgIpc) is 2.32. The summed E-state index contributed by atoms with van der Waals surface area (Å²) in [5, 5.41) is 0. The van der Waals surface area contributed by atoms with Gasteiger partial charge in [0.05, 0.1) is 0 Å². The van der Waals surface area contributed by atoms with Crippen LogP contribution in [0.2, 0.25) is 0 Å². The lowest BCUT2D eigenvalue weighted by Crippen LogP contribution is -2.05. The molecule has 0 aliphatic heterocycles. The molecule has 0 N–H and O–H groups in total. The minimum Gasteiger partial charge on any atom is -0.258 e. The van der Waals surface area contributed by atoms with E-state index in [1.165, 1.54) is 49.1 Å². The number of aryl methyl sites for hydroxylation is 2. The van der Waals surface area contributed by atoms with Crippen molar-refractivity contribution < 1.29 is 0 Å². The Hall–Kier alpha value is -0.850. The SMILES string of the molecule is CC.Cc1cc(C2CCCCC2)cc(C)n1. The smallest absolute Gasteiger partial charge is 0.0378 e. The van der Waals surface area contributed by atoms with Gasteiger partial charge in [-0.25, -0.2) is 0 Å². The van der Waals surface area contributed by atoms with Crippen LogP contribution in [-0.2, 0) is 0 Å². The number of pyridine rings is 1. The normalized spacial score (nSPS) is 16.5. The summed E-state index contributed by atoms with van der Waals surface area (Å²) in [6.07, 6.45) is 7.00. The molecule has 0 saturated heterocycles. The highest BCUT2D eigenvalue weighted by Crippen LogP contribution is 2.32. The van der Waals surface area contributed by atoms with Gasteiger partial charge in [0, 0.05) is 11.4 Å². The van der Waals surface area contributed by atoms with E-state index in [1.54, 1.807) is 0 Å². The maximum atomic E-state index is 4.43. The predicted molar refractivity (Wildman–Crippen MR) is 70.9 cm³/mol. The Morgan fingerprint density at radius 1 is 0.938 bits per heavy atom. The van der Waals surface area contributed by atoms with Crippen molar-refractivity contribution in [2.75, 3.05) is 0 Å². The van der Waals surface area contributed by atoms with Gasteiger partial charge in [-0.2, -0.15) is 0 Å². The standard InChI is InChI=1S/C13H19N.C2H6/c1-10-8-13(9-11(2)14-10)12-6-4-3-5-7-12;1-2/h8-9,12H,3-7H2,1-2H3;1-2H3. The van der Waals surface area contributed by atoms with E-state index in [0.717, 1.165) is 5.92 Å². The fraction of sp³-hybridized carbons (Fsp3) is 0.667. The molecule has 16 heavy (non-hydrogen) atoms. The molecule has 1 saturated carbocycles. The van der Waals surface area contributed by atoms with E-state index in [-0.39, 0.29) is 0 Å². The number of hydrogen-bond donors (Lipinski definition) is 0. The highest BCUT2D eigenvalue weighted by Gasteiger charge is 2.15. The molecule has 1 heteroatoms. The second-order valence-corrected chi connectivity index (χ2v) is 4.52. The number of aromatic nitrogens is 1. The molecule has 1 heterocycles. The number of hydrogen-bond acceptors (Lipinski definition) is 1. The van der Waals surface area contributed by atoms with Crippen molar-refractivity contribution in [1.82, 2.24) is 4.98 Å². The molecule has 0 bridgehead atoms. The Kier molecular flexibility index (Phi) is 5.51. The average molecular weight is 219 g/mol. The molecular weight excluding hydrogens is 194 g/mol. The molecule has 0 atom stereocenters. The Balaban J connectivity index is 0.000000606. The molecule has 2 rings (SSSR count). The zero-order chi connectivity index (χ0) is 12.0. The maximum Gasteiger partial charge on any atom is 0.0378 e. The van der Waals surface area contributed by atoms with Crippen LogP contribution in [0.4, 0.5) is 0 Å². The van der Waals surface area contributed by atoms with Crippen molar-refractivity contribution in [3.05, 3.63) is 29.1 Å². The highest BCUT2D eigenvalue weighted by molar-refractivity contribution is 5.24. The van der Waals surface area contributed by atoms with Gasteiger partial charge >= 0.3 is 0 Å². The first-order valence-electron chi connectivity index (χ1n) is 6.71. The predicted octanol–water partition coefficient (Wildman–Crippen LogP) is 4.77. The summed E-state index contributed by atoms with van der Waals surface area (Å²) < 4.78 is 0. The van der Waals surface area contributed by atoms with Crippen LogP contribution < -0.4 is 0 Å². The molecule has 0 radical (unpaired) electrons. The van der Waals surface area contributed by atoms with Gasteiger partial charge in [0.15, 0.2) is 0 Å². The molecular formula is C15H25N. The summed E-state index contributed by atoms with van der Waals surface area (Å²) in [6.45, 7) is 8.19. The lowest BCUT2D eigenvalue weighted by Gasteiger charge is -2.22. The third-order valence-electron chi connectivity index (χ3n) is 3.18. The van der Waals surface area contributed by atoms with E-state index >= 15 is 0 Å². The van der Waals surface area contributed by atoms with E-state index in [2.05, 4.69) is 31.0 Å². The van der Waals surface area contributed by atoms with Gasteiger partial charge in [0.2, 0.25) is 0 Å². The third kappa shape index (κ3) is 3.62. The molecule has 1 nitrogen and oxygen atoms in total.